The van der Waals surface area contributed by atoms with Crippen molar-refractivity contribution < 1.29 is 14.6 Å². The lowest BCUT2D eigenvalue weighted by molar-refractivity contribution is -0.113. The highest BCUT2D eigenvalue weighted by atomic mass is 16.5. The number of ether oxygens (including phenoxy) is 1. The zero-order valence-corrected chi connectivity index (χ0v) is 17.2. The first-order chi connectivity index (χ1) is 14.4. The lowest BCUT2D eigenvalue weighted by Gasteiger charge is -2.29. The zero-order valence-electron chi connectivity index (χ0n) is 17.2. The highest BCUT2D eigenvalue weighted by Gasteiger charge is 2.34. The molecule has 154 valence electrons. The van der Waals surface area contributed by atoms with Crippen LogP contribution in [0.5, 0.6) is 11.5 Å². The number of fused-ring (bicyclic) bond motifs is 1. The monoisotopic (exact) mass is 405 g/mol. The van der Waals surface area contributed by atoms with Gasteiger partial charge in [0.15, 0.2) is 11.5 Å². The number of nitrogens with one attached hydrogen (secondary N) is 2. The first-order valence-corrected chi connectivity index (χ1v) is 9.52. The Balaban J connectivity index is 1.78. The van der Waals surface area contributed by atoms with Gasteiger partial charge < -0.3 is 20.5 Å². The second kappa shape index (κ2) is 7.55. The Kier molecular flexibility index (Phi) is 4.91. The molecule has 0 saturated heterocycles. The van der Waals surface area contributed by atoms with E-state index in [1.54, 1.807) is 22.9 Å². The highest BCUT2D eigenvalue weighted by molar-refractivity contribution is 6.06. The molecule has 2 aromatic carbocycles. The normalized spacial score (nSPS) is 15.4. The van der Waals surface area contributed by atoms with Crippen LogP contribution in [0.1, 0.15) is 29.7 Å². The molecule has 0 fully saturated rings. The predicted octanol–water partition coefficient (Wildman–Crippen LogP) is 3.54. The van der Waals surface area contributed by atoms with Gasteiger partial charge in [0, 0.05) is 11.4 Å². The molecular weight excluding hydrogens is 382 g/mol. The Morgan fingerprint density at radius 3 is 2.73 bits per heavy atom. The number of carbonyl (C=O) groups excluding carboxylic acids is 1. The molecule has 1 atom stereocenters. The number of aryl methyl sites for hydroxylation is 2. The van der Waals surface area contributed by atoms with Gasteiger partial charge in [0.05, 0.1) is 12.7 Å². The number of amides is 1. The minimum Gasteiger partial charge on any atom is -0.504 e. The van der Waals surface area contributed by atoms with Crippen molar-refractivity contribution in [2.24, 2.45) is 0 Å². The van der Waals surface area contributed by atoms with E-state index < -0.39 is 6.04 Å². The molecular formula is C22H23N5O3. The average molecular weight is 405 g/mol. The van der Waals surface area contributed by atoms with Crippen molar-refractivity contribution >= 4 is 17.5 Å². The SMILES string of the molecule is COc1cc([C@@H]2C(C(=O)Nc3ccc(C)cc3C)=C(C)Nc3ncnn32)ccc1O. The molecule has 3 N–H and O–H groups in total. The summed E-state index contributed by atoms with van der Waals surface area (Å²) >= 11 is 0. The Bertz CT molecular complexity index is 1170. The molecule has 8 heteroatoms. The summed E-state index contributed by atoms with van der Waals surface area (Å²) < 4.78 is 6.91. The summed E-state index contributed by atoms with van der Waals surface area (Å²) in [6, 6.07) is 10.3. The number of benzene rings is 2. The fraction of sp³-hybridized carbons (Fsp3) is 0.227. The average Bonchev–Trinajstić information content (AvgIpc) is 3.17. The van der Waals surface area contributed by atoms with Crippen LogP contribution in [0.2, 0.25) is 0 Å². The number of phenols is 1. The Hall–Kier alpha value is -3.81. The van der Waals surface area contributed by atoms with Gasteiger partial charge in [-0.25, -0.2) is 4.68 Å². The summed E-state index contributed by atoms with van der Waals surface area (Å²) in [6.45, 7) is 5.80. The van der Waals surface area contributed by atoms with Gasteiger partial charge in [-0.2, -0.15) is 10.1 Å². The lowest BCUT2D eigenvalue weighted by Crippen LogP contribution is -2.31. The van der Waals surface area contributed by atoms with Crippen molar-refractivity contribution in [2.75, 3.05) is 17.7 Å². The number of anilines is 2. The lowest BCUT2D eigenvalue weighted by atomic mass is 9.94. The fourth-order valence-corrected chi connectivity index (χ4v) is 3.70. The van der Waals surface area contributed by atoms with Gasteiger partial charge in [0.25, 0.3) is 5.91 Å². The van der Waals surface area contributed by atoms with E-state index in [1.165, 1.54) is 13.4 Å². The van der Waals surface area contributed by atoms with Crippen molar-refractivity contribution in [1.82, 2.24) is 14.8 Å². The third-order valence-electron chi connectivity index (χ3n) is 5.19. The van der Waals surface area contributed by atoms with Crippen LogP contribution < -0.4 is 15.4 Å². The second-order valence-corrected chi connectivity index (χ2v) is 7.30. The van der Waals surface area contributed by atoms with E-state index in [4.69, 9.17) is 4.74 Å². The number of phenolic OH excluding ortho intramolecular Hbond substituents is 1. The molecule has 0 radical (unpaired) electrons. The van der Waals surface area contributed by atoms with Crippen LogP contribution in [0.4, 0.5) is 11.6 Å². The molecule has 1 amide bonds. The number of carbonyl (C=O) groups is 1. The number of aromatic nitrogens is 3. The van der Waals surface area contributed by atoms with E-state index in [2.05, 4.69) is 20.7 Å². The van der Waals surface area contributed by atoms with Gasteiger partial charge in [-0.1, -0.05) is 23.8 Å². The maximum Gasteiger partial charge on any atom is 0.255 e. The molecule has 30 heavy (non-hydrogen) atoms. The first-order valence-electron chi connectivity index (χ1n) is 9.52. The summed E-state index contributed by atoms with van der Waals surface area (Å²) in [7, 11) is 1.48. The molecule has 1 aliphatic heterocycles. The van der Waals surface area contributed by atoms with Gasteiger partial charge >= 0.3 is 0 Å². The van der Waals surface area contributed by atoms with Crippen LogP contribution in [0.25, 0.3) is 0 Å². The number of aromatic hydroxyl groups is 1. The zero-order chi connectivity index (χ0) is 21.4. The first kappa shape index (κ1) is 19.5. The third-order valence-corrected chi connectivity index (χ3v) is 5.19. The Labute approximate surface area is 174 Å². The number of methoxy groups -OCH3 is 1. The number of hydrogen-bond donors (Lipinski definition) is 3. The minimum absolute atomic E-state index is 0.0241. The molecule has 2 heterocycles. The van der Waals surface area contributed by atoms with Crippen LogP contribution in [0, 0.1) is 13.8 Å². The van der Waals surface area contributed by atoms with Crippen molar-refractivity contribution in [3.63, 3.8) is 0 Å². The summed E-state index contributed by atoms with van der Waals surface area (Å²) in [5.74, 6) is 0.633. The van der Waals surface area contributed by atoms with E-state index in [0.717, 1.165) is 22.4 Å². The van der Waals surface area contributed by atoms with Crippen molar-refractivity contribution in [1.29, 1.82) is 0 Å². The van der Waals surface area contributed by atoms with E-state index in [-0.39, 0.29) is 11.7 Å². The largest absolute Gasteiger partial charge is 0.504 e. The fourth-order valence-electron chi connectivity index (χ4n) is 3.70. The summed E-state index contributed by atoms with van der Waals surface area (Å²) in [4.78, 5) is 17.6. The molecule has 1 aromatic heterocycles. The van der Waals surface area contributed by atoms with E-state index in [0.29, 0.717) is 23.0 Å². The quantitative estimate of drug-likeness (QED) is 0.614. The van der Waals surface area contributed by atoms with Gasteiger partial charge in [0.2, 0.25) is 5.95 Å². The standard InChI is InChI=1S/C22H23N5O3/c1-12-5-7-16(13(2)9-12)26-21(29)19-14(3)25-22-23-11-24-27(22)20(19)15-6-8-17(28)18(10-15)30-4/h5-11,20,28H,1-4H3,(H,26,29)(H,23,24,25)/t20-/m1/s1. The van der Waals surface area contributed by atoms with Crippen LogP contribution in [0.15, 0.2) is 54.0 Å². The smallest absolute Gasteiger partial charge is 0.255 e. The van der Waals surface area contributed by atoms with Crippen LogP contribution >= 0.6 is 0 Å². The highest BCUT2D eigenvalue weighted by Crippen LogP contribution is 2.38. The van der Waals surface area contributed by atoms with E-state index >= 15 is 0 Å². The molecule has 8 nitrogen and oxygen atoms in total. The Morgan fingerprint density at radius 1 is 1.20 bits per heavy atom. The number of allylic oxidation sites excluding steroid dienone is 1. The summed E-state index contributed by atoms with van der Waals surface area (Å²) in [5, 5.41) is 20.5. The molecule has 0 spiro atoms. The number of rotatable bonds is 4. The van der Waals surface area contributed by atoms with Gasteiger partial charge in [-0.15, -0.1) is 0 Å². The molecule has 0 bridgehead atoms. The molecule has 1 aliphatic rings. The van der Waals surface area contributed by atoms with Crippen LogP contribution in [-0.2, 0) is 4.79 Å². The van der Waals surface area contributed by atoms with Crippen molar-refractivity contribution in [3.8, 4) is 11.5 Å². The predicted molar refractivity (Wildman–Crippen MR) is 114 cm³/mol. The topological polar surface area (TPSA) is 101 Å². The second-order valence-electron chi connectivity index (χ2n) is 7.30. The molecule has 4 rings (SSSR count). The minimum atomic E-state index is -0.538. The van der Waals surface area contributed by atoms with Gasteiger partial charge in [-0.3, -0.25) is 4.79 Å². The van der Waals surface area contributed by atoms with Crippen LogP contribution in [0.3, 0.4) is 0 Å². The van der Waals surface area contributed by atoms with Crippen LogP contribution in [-0.4, -0.2) is 32.9 Å². The van der Waals surface area contributed by atoms with Crippen molar-refractivity contribution in [3.05, 3.63) is 70.7 Å². The number of hydrogen-bond acceptors (Lipinski definition) is 6. The maximum absolute atomic E-state index is 13.4. The molecule has 0 unspecified atom stereocenters. The summed E-state index contributed by atoms with van der Waals surface area (Å²) in [5.41, 5.74) is 4.77. The maximum atomic E-state index is 13.4. The number of nitrogens with zero attached hydrogens (tertiary/aromatic N) is 3. The molecule has 3 aromatic rings. The summed E-state index contributed by atoms with van der Waals surface area (Å²) in [6.07, 6.45) is 1.44. The third kappa shape index (κ3) is 3.36. The Morgan fingerprint density at radius 2 is 2.00 bits per heavy atom. The van der Waals surface area contributed by atoms with E-state index in [1.807, 2.05) is 39.0 Å². The molecule has 0 aliphatic carbocycles. The van der Waals surface area contributed by atoms with Gasteiger partial charge in [0.1, 0.15) is 12.4 Å². The molecule has 0 saturated carbocycles. The van der Waals surface area contributed by atoms with Crippen molar-refractivity contribution in [2.45, 2.75) is 26.8 Å². The van der Waals surface area contributed by atoms with E-state index in [9.17, 15) is 9.90 Å². The van der Waals surface area contributed by atoms with Gasteiger partial charge in [-0.05, 0) is 50.1 Å².